The van der Waals surface area contributed by atoms with Crippen molar-refractivity contribution in [1.82, 2.24) is 4.72 Å². The predicted molar refractivity (Wildman–Crippen MR) is 67.3 cm³/mol. The van der Waals surface area contributed by atoms with E-state index in [1.807, 2.05) is 6.07 Å². The summed E-state index contributed by atoms with van der Waals surface area (Å²) in [6.45, 7) is 0. The molecule has 1 unspecified atom stereocenters. The fourth-order valence-electron chi connectivity index (χ4n) is 1.57. The largest absolute Gasteiger partial charge is 0.285 e. The van der Waals surface area contributed by atoms with Crippen molar-refractivity contribution in [3.63, 3.8) is 0 Å². The summed E-state index contributed by atoms with van der Waals surface area (Å²) >= 11 is 1.14. The Morgan fingerprint density at radius 1 is 1.33 bits per heavy atom. The second-order valence-electron chi connectivity index (χ2n) is 3.77. The Kier molecular flexibility index (Phi) is 3.71. The first-order chi connectivity index (χ1) is 8.53. The van der Waals surface area contributed by atoms with Gasteiger partial charge in [0, 0.05) is 5.75 Å². The van der Waals surface area contributed by atoms with Crippen molar-refractivity contribution < 1.29 is 13.2 Å². The third-order valence-corrected chi connectivity index (χ3v) is 5.02. The molecule has 1 aliphatic rings. The maximum absolute atomic E-state index is 12.0. The van der Waals surface area contributed by atoms with Gasteiger partial charge in [-0.3, -0.25) is 4.79 Å². The van der Waals surface area contributed by atoms with Crippen LogP contribution in [0, 0.1) is 11.3 Å². The third kappa shape index (κ3) is 2.72. The molecular weight excluding hydrogens is 272 g/mol. The topological polar surface area (TPSA) is 87.0 Å². The molecule has 1 fully saturated rings. The molecule has 1 aromatic carbocycles. The average Bonchev–Trinajstić information content (AvgIpc) is 2.74. The Bertz CT molecular complexity index is 602. The van der Waals surface area contributed by atoms with Gasteiger partial charge in [0.15, 0.2) is 0 Å². The van der Waals surface area contributed by atoms with Crippen molar-refractivity contribution >= 4 is 26.9 Å². The van der Waals surface area contributed by atoms with Gasteiger partial charge in [-0.1, -0.05) is 11.8 Å². The highest BCUT2D eigenvalue weighted by atomic mass is 32.2. The number of hydrogen-bond donors (Lipinski definition) is 1. The van der Waals surface area contributed by atoms with Gasteiger partial charge in [-0.25, -0.2) is 8.42 Å². The van der Waals surface area contributed by atoms with Gasteiger partial charge in [0.1, 0.15) is 0 Å². The maximum Gasteiger partial charge on any atom is 0.241 e. The molecule has 18 heavy (non-hydrogen) atoms. The van der Waals surface area contributed by atoms with Gasteiger partial charge in [-0.2, -0.15) is 9.98 Å². The van der Waals surface area contributed by atoms with Gasteiger partial charge in [-0.15, -0.1) is 0 Å². The van der Waals surface area contributed by atoms with Gasteiger partial charge in [0.25, 0.3) is 0 Å². The lowest BCUT2D eigenvalue weighted by Gasteiger charge is -2.10. The molecule has 1 heterocycles. The molecule has 0 aromatic heterocycles. The highest BCUT2D eigenvalue weighted by Crippen LogP contribution is 2.21. The summed E-state index contributed by atoms with van der Waals surface area (Å²) in [6.07, 6.45) is 0.513. The van der Waals surface area contributed by atoms with Crippen LogP contribution in [-0.2, 0) is 14.8 Å². The van der Waals surface area contributed by atoms with E-state index < -0.39 is 16.1 Å². The van der Waals surface area contributed by atoms with Gasteiger partial charge >= 0.3 is 0 Å². The number of nitriles is 1. The normalized spacial score (nSPS) is 19.7. The standard InChI is InChI=1S/C11H10N2O3S2/c12-7-8-1-3-9(4-2-8)18(15,16)13-10-5-6-17-11(10)14/h1-4,10,13H,5-6H2. The van der Waals surface area contributed by atoms with Gasteiger partial charge in [-0.05, 0) is 30.7 Å². The zero-order valence-electron chi connectivity index (χ0n) is 9.29. The van der Waals surface area contributed by atoms with Crippen molar-refractivity contribution in [3.8, 4) is 6.07 Å². The Labute approximate surface area is 109 Å². The van der Waals surface area contributed by atoms with Gasteiger partial charge in [0.05, 0.1) is 22.6 Å². The van der Waals surface area contributed by atoms with Crippen LogP contribution < -0.4 is 4.72 Å². The molecule has 5 nitrogen and oxygen atoms in total. The molecule has 1 aromatic rings. The summed E-state index contributed by atoms with van der Waals surface area (Å²) in [7, 11) is -3.70. The SMILES string of the molecule is N#Cc1ccc(S(=O)(=O)NC2CCSC2=O)cc1. The second-order valence-corrected chi connectivity index (χ2v) is 6.58. The molecule has 2 rings (SSSR count). The van der Waals surface area contributed by atoms with E-state index in [9.17, 15) is 13.2 Å². The second kappa shape index (κ2) is 5.10. The zero-order valence-corrected chi connectivity index (χ0v) is 10.9. The molecule has 1 N–H and O–H groups in total. The smallest absolute Gasteiger partial charge is 0.241 e. The molecule has 94 valence electrons. The van der Waals surface area contributed by atoms with Gasteiger partial charge in [0.2, 0.25) is 15.1 Å². The zero-order chi connectivity index (χ0) is 13.2. The van der Waals surface area contributed by atoms with Crippen LogP contribution >= 0.6 is 11.8 Å². The van der Waals surface area contributed by atoms with Crippen LogP contribution in [0.2, 0.25) is 0 Å². The molecular formula is C11H10N2O3S2. The van der Waals surface area contributed by atoms with Crippen LogP contribution in [0.5, 0.6) is 0 Å². The van der Waals surface area contributed by atoms with Crippen molar-refractivity contribution in [2.45, 2.75) is 17.4 Å². The molecule has 0 spiro atoms. The summed E-state index contributed by atoms with van der Waals surface area (Å²) in [6, 6.07) is 6.84. The number of sulfonamides is 1. The quantitative estimate of drug-likeness (QED) is 0.888. The van der Waals surface area contributed by atoms with E-state index in [2.05, 4.69) is 4.72 Å². The number of rotatable bonds is 3. The molecule has 0 radical (unpaired) electrons. The molecule has 1 atom stereocenters. The average molecular weight is 282 g/mol. The number of carbonyl (C=O) groups is 1. The van der Waals surface area contributed by atoms with Crippen LogP contribution in [0.4, 0.5) is 0 Å². The number of thioether (sulfide) groups is 1. The fraction of sp³-hybridized carbons (Fsp3) is 0.273. The Balaban J connectivity index is 2.20. The van der Waals surface area contributed by atoms with E-state index in [0.717, 1.165) is 11.8 Å². The lowest BCUT2D eigenvalue weighted by Crippen LogP contribution is -2.37. The van der Waals surface area contributed by atoms with Crippen LogP contribution in [-0.4, -0.2) is 25.3 Å². The van der Waals surface area contributed by atoms with Crippen molar-refractivity contribution in [2.24, 2.45) is 0 Å². The first-order valence-electron chi connectivity index (χ1n) is 5.22. The van der Waals surface area contributed by atoms with Crippen molar-refractivity contribution in [1.29, 1.82) is 5.26 Å². The Morgan fingerprint density at radius 2 is 2.00 bits per heavy atom. The first-order valence-corrected chi connectivity index (χ1v) is 7.69. The predicted octanol–water partition coefficient (Wildman–Crippen LogP) is 0.869. The number of hydrogen-bond acceptors (Lipinski definition) is 5. The fourth-order valence-corrected chi connectivity index (χ4v) is 3.80. The summed E-state index contributed by atoms with van der Waals surface area (Å²) in [4.78, 5) is 11.4. The minimum atomic E-state index is -3.70. The molecule has 0 bridgehead atoms. The summed E-state index contributed by atoms with van der Waals surface area (Å²) in [5.41, 5.74) is 0.390. The van der Waals surface area contributed by atoms with E-state index in [1.165, 1.54) is 24.3 Å². The lowest BCUT2D eigenvalue weighted by molar-refractivity contribution is -0.111. The monoisotopic (exact) mass is 282 g/mol. The van der Waals surface area contributed by atoms with Crippen molar-refractivity contribution in [2.75, 3.05) is 5.75 Å². The number of carbonyl (C=O) groups excluding carboxylic acids is 1. The first kappa shape index (κ1) is 13.1. The van der Waals surface area contributed by atoms with E-state index in [4.69, 9.17) is 5.26 Å². The van der Waals surface area contributed by atoms with Crippen LogP contribution in [0.3, 0.4) is 0 Å². The Morgan fingerprint density at radius 3 is 2.50 bits per heavy atom. The number of nitrogens with one attached hydrogen (secondary N) is 1. The number of nitrogens with zero attached hydrogens (tertiary/aromatic N) is 1. The lowest BCUT2D eigenvalue weighted by atomic mass is 10.2. The molecule has 1 saturated heterocycles. The minimum absolute atomic E-state index is 0.0613. The molecule has 0 aliphatic carbocycles. The maximum atomic E-state index is 12.0. The van der Waals surface area contributed by atoms with Gasteiger partial charge < -0.3 is 0 Å². The molecule has 0 amide bonds. The minimum Gasteiger partial charge on any atom is -0.285 e. The van der Waals surface area contributed by atoms with E-state index in [0.29, 0.717) is 17.7 Å². The van der Waals surface area contributed by atoms with E-state index >= 15 is 0 Å². The molecule has 7 heteroatoms. The van der Waals surface area contributed by atoms with E-state index in [1.54, 1.807) is 0 Å². The summed E-state index contributed by atoms with van der Waals surface area (Å²) < 4.78 is 26.3. The summed E-state index contributed by atoms with van der Waals surface area (Å²) in [5.74, 6) is 0.638. The third-order valence-electron chi connectivity index (χ3n) is 2.53. The highest BCUT2D eigenvalue weighted by Gasteiger charge is 2.30. The Hall–Kier alpha value is -1.36. The highest BCUT2D eigenvalue weighted by molar-refractivity contribution is 8.14. The van der Waals surface area contributed by atoms with Crippen LogP contribution in [0.25, 0.3) is 0 Å². The number of benzene rings is 1. The van der Waals surface area contributed by atoms with Crippen LogP contribution in [0.1, 0.15) is 12.0 Å². The molecule has 1 aliphatic heterocycles. The van der Waals surface area contributed by atoms with E-state index in [-0.39, 0.29) is 10.0 Å². The summed E-state index contributed by atoms with van der Waals surface area (Å²) in [5, 5.41) is 8.49. The van der Waals surface area contributed by atoms with Crippen LogP contribution in [0.15, 0.2) is 29.2 Å². The van der Waals surface area contributed by atoms with Crippen molar-refractivity contribution in [3.05, 3.63) is 29.8 Å². The molecule has 0 saturated carbocycles.